The van der Waals surface area contributed by atoms with Crippen molar-refractivity contribution in [2.45, 2.75) is 24.7 Å². The second kappa shape index (κ2) is 8.21. The topological polar surface area (TPSA) is 60.4 Å². The lowest BCUT2D eigenvalue weighted by atomic mass is 9.59. The summed E-state index contributed by atoms with van der Waals surface area (Å²) in [5.41, 5.74) is 4.07. The van der Waals surface area contributed by atoms with E-state index in [1.54, 1.807) is 0 Å². The van der Waals surface area contributed by atoms with E-state index in [0.717, 1.165) is 33.4 Å². The maximum Gasteiger partial charge on any atom is 0.319 e. The third-order valence-corrected chi connectivity index (χ3v) is 8.87. The number of hydrogen-bond acceptors (Lipinski definition) is 4. The Bertz CT molecular complexity index is 1560. The number of allylic oxidation sites excluding steroid dienone is 2. The Balaban J connectivity index is 1.72. The summed E-state index contributed by atoms with van der Waals surface area (Å²) in [5, 5.41) is 0. The van der Waals surface area contributed by atoms with Gasteiger partial charge < -0.3 is 4.74 Å². The van der Waals surface area contributed by atoms with Gasteiger partial charge in [-0.25, -0.2) is 0 Å². The quantitative estimate of drug-likeness (QED) is 0.250. The summed E-state index contributed by atoms with van der Waals surface area (Å²) in [6, 6.07) is 35.1. The first-order chi connectivity index (χ1) is 18.9. The van der Waals surface area contributed by atoms with Crippen molar-refractivity contribution in [3.63, 3.8) is 0 Å². The van der Waals surface area contributed by atoms with E-state index in [0.29, 0.717) is 11.1 Å². The summed E-state index contributed by atoms with van der Waals surface area (Å²) >= 11 is 0. The van der Waals surface area contributed by atoms with Crippen molar-refractivity contribution >= 4 is 28.9 Å². The van der Waals surface area contributed by atoms with Crippen LogP contribution in [0.15, 0.2) is 109 Å². The van der Waals surface area contributed by atoms with Crippen LogP contribution in [0.2, 0.25) is 0 Å². The minimum absolute atomic E-state index is 0.140. The Hall–Kier alpha value is -4.57. The predicted octanol–water partition coefficient (Wildman–Crippen LogP) is 6.00. The standard InChI is InChI=1S/C35H26O4/c1-21-13-17-23(18-14-21)27-28(24-19-15-22(2)16-20-24)35(26-11-7-4-8-12-26)30-29(31(36)39-32(30)37)34(27,33(35)38)25-9-5-3-6-10-25/h3-20,29-30H,1-2H3/t29-,30-,34+,35+/m0/s1. The largest absolute Gasteiger partial charge is 0.393 e. The number of fused-ring (bicyclic) bond motifs is 5. The number of cyclic esters (lactones) is 2. The van der Waals surface area contributed by atoms with E-state index in [-0.39, 0.29) is 5.78 Å². The van der Waals surface area contributed by atoms with Crippen molar-refractivity contribution in [1.82, 2.24) is 0 Å². The fraction of sp³-hybridized carbons (Fsp3) is 0.171. The van der Waals surface area contributed by atoms with E-state index < -0.39 is 34.6 Å². The van der Waals surface area contributed by atoms with Crippen LogP contribution in [0, 0.1) is 25.7 Å². The average molecular weight is 511 g/mol. The molecule has 4 heteroatoms. The van der Waals surface area contributed by atoms with Crippen molar-refractivity contribution in [2.75, 3.05) is 0 Å². The maximum atomic E-state index is 15.4. The number of carbonyl (C=O) groups excluding carboxylic acids is 3. The maximum absolute atomic E-state index is 15.4. The van der Waals surface area contributed by atoms with Gasteiger partial charge in [-0.3, -0.25) is 14.4 Å². The lowest BCUT2D eigenvalue weighted by Gasteiger charge is -2.38. The molecule has 4 nitrogen and oxygen atoms in total. The Morgan fingerprint density at radius 2 is 0.872 bits per heavy atom. The van der Waals surface area contributed by atoms with E-state index >= 15 is 4.79 Å². The highest BCUT2D eigenvalue weighted by Crippen LogP contribution is 2.74. The molecule has 1 saturated heterocycles. The number of Topliss-reactive ketones (excluding diaryl/α,β-unsaturated/α-hetero) is 1. The molecule has 39 heavy (non-hydrogen) atoms. The zero-order chi connectivity index (χ0) is 26.9. The molecule has 4 atom stereocenters. The third kappa shape index (κ3) is 2.86. The number of carbonyl (C=O) groups is 3. The van der Waals surface area contributed by atoms with Gasteiger partial charge in [0.25, 0.3) is 0 Å². The molecule has 1 saturated carbocycles. The monoisotopic (exact) mass is 510 g/mol. The van der Waals surface area contributed by atoms with Gasteiger partial charge in [0.1, 0.15) is 0 Å². The Morgan fingerprint density at radius 3 is 1.23 bits per heavy atom. The second-order valence-corrected chi connectivity index (χ2v) is 10.9. The first kappa shape index (κ1) is 23.5. The molecule has 2 bridgehead atoms. The van der Waals surface area contributed by atoms with E-state index in [1.165, 1.54) is 0 Å². The summed E-state index contributed by atoms with van der Waals surface area (Å²) in [7, 11) is 0. The number of rotatable bonds is 4. The number of benzene rings is 4. The molecule has 0 amide bonds. The molecule has 2 fully saturated rings. The van der Waals surface area contributed by atoms with Gasteiger partial charge in [0, 0.05) is 0 Å². The lowest BCUT2D eigenvalue weighted by molar-refractivity contribution is -0.156. The van der Waals surface area contributed by atoms with Gasteiger partial charge in [-0.1, -0.05) is 120 Å². The molecule has 1 aliphatic heterocycles. The molecule has 4 aromatic carbocycles. The van der Waals surface area contributed by atoms with Gasteiger partial charge in [0.05, 0.1) is 22.7 Å². The van der Waals surface area contributed by atoms with Crippen LogP contribution in [0.5, 0.6) is 0 Å². The summed E-state index contributed by atoms with van der Waals surface area (Å²) < 4.78 is 5.40. The van der Waals surface area contributed by atoms with Gasteiger partial charge in [0.15, 0.2) is 5.78 Å². The number of esters is 2. The minimum Gasteiger partial charge on any atom is -0.393 e. The van der Waals surface area contributed by atoms with Crippen LogP contribution in [-0.4, -0.2) is 17.7 Å². The SMILES string of the molecule is Cc1ccc(C2=C(c3ccc(C)cc3)[C@@]3(c4ccccc4)C(=O)[C@@]2(c2ccccc2)[C@@H]2C(=O)OC(=O)[C@H]23)cc1. The van der Waals surface area contributed by atoms with Crippen LogP contribution in [0.25, 0.3) is 11.1 Å². The van der Waals surface area contributed by atoms with Gasteiger partial charge in [-0.2, -0.15) is 0 Å². The molecule has 1 heterocycles. The number of ether oxygens (including phenoxy) is 1. The average Bonchev–Trinajstić information content (AvgIpc) is 3.49. The molecule has 3 aliphatic rings. The van der Waals surface area contributed by atoms with Crippen molar-refractivity contribution in [1.29, 1.82) is 0 Å². The molecule has 0 spiro atoms. The van der Waals surface area contributed by atoms with Crippen LogP contribution in [0.1, 0.15) is 33.4 Å². The lowest BCUT2D eigenvalue weighted by Crippen LogP contribution is -2.41. The van der Waals surface area contributed by atoms with E-state index in [9.17, 15) is 9.59 Å². The molecule has 4 aromatic rings. The first-order valence-corrected chi connectivity index (χ1v) is 13.2. The second-order valence-electron chi connectivity index (χ2n) is 10.9. The molecular formula is C35H26O4. The zero-order valence-electron chi connectivity index (χ0n) is 21.7. The summed E-state index contributed by atoms with van der Waals surface area (Å²) in [6.07, 6.45) is 0. The molecular weight excluding hydrogens is 484 g/mol. The molecule has 0 radical (unpaired) electrons. The molecule has 0 unspecified atom stereocenters. The van der Waals surface area contributed by atoms with Crippen LogP contribution >= 0.6 is 0 Å². The van der Waals surface area contributed by atoms with E-state index in [4.69, 9.17) is 4.74 Å². The van der Waals surface area contributed by atoms with Crippen LogP contribution < -0.4 is 0 Å². The summed E-state index contributed by atoms with van der Waals surface area (Å²) in [6.45, 7) is 4.04. The number of aryl methyl sites for hydroxylation is 2. The highest BCUT2D eigenvalue weighted by atomic mass is 16.6. The molecule has 190 valence electrons. The van der Waals surface area contributed by atoms with Gasteiger partial charge in [-0.15, -0.1) is 0 Å². The van der Waals surface area contributed by atoms with Gasteiger partial charge in [0.2, 0.25) is 0 Å². The fourth-order valence-electron chi connectivity index (χ4n) is 7.37. The van der Waals surface area contributed by atoms with Crippen molar-refractivity contribution < 1.29 is 19.1 Å². The molecule has 7 rings (SSSR count). The van der Waals surface area contributed by atoms with Gasteiger partial charge >= 0.3 is 11.9 Å². The van der Waals surface area contributed by atoms with Crippen LogP contribution in [0.3, 0.4) is 0 Å². The number of hydrogen-bond donors (Lipinski definition) is 0. The first-order valence-electron chi connectivity index (χ1n) is 13.2. The van der Waals surface area contributed by atoms with Crippen molar-refractivity contribution in [3.8, 4) is 0 Å². The highest BCUT2D eigenvalue weighted by molar-refractivity contribution is 6.34. The Morgan fingerprint density at radius 1 is 0.513 bits per heavy atom. The molecule has 0 N–H and O–H groups in total. The zero-order valence-corrected chi connectivity index (χ0v) is 21.7. The van der Waals surface area contributed by atoms with Crippen molar-refractivity contribution in [2.24, 2.45) is 11.8 Å². The molecule has 2 aliphatic carbocycles. The van der Waals surface area contributed by atoms with E-state index in [1.807, 2.05) is 123 Å². The molecule has 0 aromatic heterocycles. The van der Waals surface area contributed by atoms with Crippen LogP contribution in [0.4, 0.5) is 0 Å². The highest BCUT2D eigenvalue weighted by Gasteiger charge is 2.82. The normalized spacial score (nSPS) is 27.2. The smallest absolute Gasteiger partial charge is 0.319 e. The Labute approximate surface area is 227 Å². The predicted molar refractivity (Wildman–Crippen MR) is 148 cm³/mol. The fourth-order valence-corrected chi connectivity index (χ4v) is 7.37. The summed E-state index contributed by atoms with van der Waals surface area (Å²) in [5.74, 6) is -3.34. The summed E-state index contributed by atoms with van der Waals surface area (Å²) in [4.78, 5) is 42.7. The minimum atomic E-state index is -1.39. The third-order valence-electron chi connectivity index (χ3n) is 8.87. The van der Waals surface area contributed by atoms with Crippen LogP contribution in [-0.2, 0) is 30.0 Å². The number of ketones is 1. The van der Waals surface area contributed by atoms with E-state index in [2.05, 4.69) is 0 Å². The Kier molecular flexibility index (Phi) is 4.96. The van der Waals surface area contributed by atoms with Crippen molar-refractivity contribution in [3.05, 3.63) is 143 Å². The van der Waals surface area contributed by atoms with Gasteiger partial charge in [-0.05, 0) is 47.2 Å².